The predicted molar refractivity (Wildman–Crippen MR) is 72.7 cm³/mol. The van der Waals surface area contributed by atoms with Gasteiger partial charge in [-0.05, 0) is 37.8 Å². The number of benzene rings is 1. The topological polar surface area (TPSA) is 74.7 Å². The third-order valence-electron chi connectivity index (χ3n) is 4.50. The predicted octanol–water partition coefficient (Wildman–Crippen LogP) is 1.76. The first-order valence-corrected chi connectivity index (χ1v) is 8.29. The Morgan fingerprint density at radius 3 is 2.71 bits per heavy atom. The lowest BCUT2D eigenvalue weighted by Gasteiger charge is -2.23. The van der Waals surface area contributed by atoms with Crippen LogP contribution in [0.3, 0.4) is 0 Å². The molecule has 5 nitrogen and oxygen atoms in total. The van der Waals surface area contributed by atoms with Gasteiger partial charge in [0.05, 0.1) is 5.92 Å². The van der Waals surface area contributed by atoms with Gasteiger partial charge in [0.15, 0.2) is 0 Å². The number of halogens is 1. The summed E-state index contributed by atoms with van der Waals surface area (Å²) in [5, 5.41) is 9.19. The quantitative estimate of drug-likeness (QED) is 0.922. The molecule has 1 N–H and O–H groups in total. The standard InChI is InChI=1S/C14H16FNO4S/c1-8-3-2-4-12(13(8)15)21(19,20)16-9-5-6-11(16)10(7-9)14(17)18/h2-4,9-11H,5-7H2,1H3,(H,17,18). The Morgan fingerprint density at radius 1 is 1.38 bits per heavy atom. The number of sulfonamides is 1. The lowest BCUT2D eigenvalue weighted by atomic mass is 9.89. The molecular weight excluding hydrogens is 297 g/mol. The van der Waals surface area contributed by atoms with E-state index < -0.39 is 33.8 Å². The molecule has 1 aromatic carbocycles. The lowest BCUT2D eigenvalue weighted by molar-refractivity contribution is -0.142. The van der Waals surface area contributed by atoms with Gasteiger partial charge in [-0.15, -0.1) is 0 Å². The van der Waals surface area contributed by atoms with Gasteiger partial charge in [-0.1, -0.05) is 12.1 Å². The number of rotatable bonds is 3. The average molecular weight is 313 g/mol. The number of carboxylic acid groups (broad SMARTS) is 1. The Bertz CT molecular complexity index is 703. The first-order valence-electron chi connectivity index (χ1n) is 6.85. The summed E-state index contributed by atoms with van der Waals surface area (Å²) >= 11 is 0. The molecule has 21 heavy (non-hydrogen) atoms. The van der Waals surface area contributed by atoms with Crippen LogP contribution in [-0.4, -0.2) is 35.9 Å². The maximum Gasteiger partial charge on any atom is 0.308 e. The Kier molecular flexibility index (Phi) is 3.29. The van der Waals surface area contributed by atoms with Gasteiger partial charge < -0.3 is 5.11 Å². The first-order chi connectivity index (χ1) is 9.84. The number of carboxylic acids is 1. The summed E-state index contributed by atoms with van der Waals surface area (Å²) in [5.74, 6) is -2.42. The number of carbonyl (C=O) groups is 1. The molecule has 0 aliphatic carbocycles. The Hall–Kier alpha value is -1.47. The van der Waals surface area contributed by atoms with Gasteiger partial charge in [0.2, 0.25) is 10.0 Å². The van der Waals surface area contributed by atoms with E-state index in [2.05, 4.69) is 0 Å². The molecular formula is C14H16FNO4S. The third-order valence-corrected chi connectivity index (χ3v) is 6.50. The molecule has 3 rings (SSSR count). The van der Waals surface area contributed by atoms with Crippen molar-refractivity contribution in [2.75, 3.05) is 0 Å². The summed E-state index contributed by atoms with van der Waals surface area (Å²) in [5.41, 5.74) is 0.261. The van der Waals surface area contributed by atoms with E-state index >= 15 is 0 Å². The highest BCUT2D eigenvalue weighted by atomic mass is 32.2. The summed E-state index contributed by atoms with van der Waals surface area (Å²) in [4.78, 5) is 10.9. The molecule has 2 saturated heterocycles. The largest absolute Gasteiger partial charge is 0.481 e. The van der Waals surface area contributed by atoms with Gasteiger partial charge in [-0.2, -0.15) is 4.31 Å². The van der Waals surface area contributed by atoms with Gasteiger partial charge in [0.1, 0.15) is 10.7 Å². The fourth-order valence-corrected chi connectivity index (χ4v) is 5.57. The van der Waals surface area contributed by atoms with Crippen molar-refractivity contribution < 1.29 is 22.7 Å². The van der Waals surface area contributed by atoms with Crippen molar-refractivity contribution in [3.63, 3.8) is 0 Å². The van der Waals surface area contributed by atoms with Crippen LogP contribution in [0.4, 0.5) is 4.39 Å². The van der Waals surface area contributed by atoms with Crippen molar-refractivity contribution in [1.29, 1.82) is 0 Å². The summed E-state index contributed by atoms with van der Waals surface area (Å²) in [7, 11) is -4.00. The molecule has 0 radical (unpaired) electrons. The third kappa shape index (κ3) is 2.06. The highest BCUT2D eigenvalue weighted by Crippen LogP contribution is 2.45. The summed E-state index contributed by atoms with van der Waals surface area (Å²) in [6.07, 6.45) is 1.47. The van der Waals surface area contributed by atoms with E-state index in [4.69, 9.17) is 0 Å². The molecule has 2 heterocycles. The second-order valence-corrected chi connectivity index (χ2v) is 7.51. The maximum absolute atomic E-state index is 14.2. The number of aryl methyl sites for hydroxylation is 1. The minimum Gasteiger partial charge on any atom is -0.481 e. The zero-order chi connectivity index (χ0) is 15.4. The van der Waals surface area contributed by atoms with Crippen molar-refractivity contribution in [1.82, 2.24) is 4.31 Å². The zero-order valence-electron chi connectivity index (χ0n) is 11.5. The fraction of sp³-hybridized carbons (Fsp3) is 0.500. The van der Waals surface area contributed by atoms with Crippen molar-refractivity contribution in [2.45, 2.75) is 43.2 Å². The highest BCUT2D eigenvalue weighted by molar-refractivity contribution is 7.89. The molecule has 114 valence electrons. The van der Waals surface area contributed by atoms with Crippen LogP contribution < -0.4 is 0 Å². The lowest BCUT2D eigenvalue weighted by Crippen LogP contribution is -2.38. The van der Waals surface area contributed by atoms with Crippen molar-refractivity contribution >= 4 is 16.0 Å². The highest BCUT2D eigenvalue weighted by Gasteiger charge is 2.54. The summed E-state index contributed by atoms with van der Waals surface area (Å²) in [6, 6.07) is 3.36. The van der Waals surface area contributed by atoms with Crippen molar-refractivity contribution in [3.8, 4) is 0 Å². The van der Waals surface area contributed by atoms with Gasteiger partial charge >= 0.3 is 5.97 Å². The van der Waals surface area contributed by atoms with Crippen LogP contribution in [0.1, 0.15) is 24.8 Å². The Balaban J connectivity index is 2.04. The Morgan fingerprint density at radius 2 is 2.10 bits per heavy atom. The molecule has 0 aromatic heterocycles. The number of nitrogens with zero attached hydrogens (tertiary/aromatic N) is 1. The van der Waals surface area contributed by atoms with E-state index in [0.29, 0.717) is 19.3 Å². The molecule has 2 bridgehead atoms. The minimum atomic E-state index is -4.00. The van der Waals surface area contributed by atoms with Crippen LogP contribution in [0.15, 0.2) is 23.1 Å². The minimum absolute atomic E-state index is 0.261. The molecule has 1 aromatic rings. The molecule has 2 aliphatic rings. The van der Waals surface area contributed by atoms with Gasteiger partial charge in [0.25, 0.3) is 0 Å². The number of fused-ring (bicyclic) bond motifs is 2. The maximum atomic E-state index is 14.2. The molecule has 0 saturated carbocycles. The molecule has 2 fully saturated rings. The first kappa shape index (κ1) is 14.5. The van der Waals surface area contributed by atoms with Gasteiger partial charge in [0, 0.05) is 12.1 Å². The van der Waals surface area contributed by atoms with Crippen LogP contribution in [0.5, 0.6) is 0 Å². The van der Waals surface area contributed by atoms with Crippen LogP contribution in [-0.2, 0) is 14.8 Å². The van der Waals surface area contributed by atoms with E-state index in [1.807, 2.05) is 0 Å². The van der Waals surface area contributed by atoms with Crippen LogP contribution >= 0.6 is 0 Å². The number of aliphatic carboxylic acids is 1. The van der Waals surface area contributed by atoms with Gasteiger partial charge in [-0.25, -0.2) is 12.8 Å². The zero-order valence-corrected chi connectivity index (χ0v) is 12.3. The van der Waals surface area contributed by atoms with E-state index in [-0.39, 0.29) is 16.5 Å². The van der Waals surface area contributed by atoms with E-state index in [9.17, 15) is 22.7 Å². The fourth-order valence-electron chi connectivity index (χ4n) is 3.51. The average Bonchev–Trinajstić information content (AvgIpc) is 2.99. The van der Waals surface area contributed by atoms with Gasteiger partial charge in [-0.3, -0.25) is 4.79 Å². The van der Waals surface area contributed by atoms with E-state index in [1.165, 1.54) is 29.4 Å². The van der Waals surface area contributed by atoms with Crippen molar-refractivity contribution in [3.05, 3.63) is 29.6 Å². The van der Waals surface area contributed by atoms with Crippen molar-refractivity contribution in [2.24, 2.45) is 5.92 Å². The second-order valence-electron chi connectivity index (χ2n) is 5.70. The number of hydrogen-bond donors (Lipinski definition) is 1. The van der Waals surface area contributed by atoms with Crippen LogP contribution in [0, 0.1) is 18.7 Å². The SMILES string of the molecule is Cc1cccc(S(=O)(=O)N2C3CCC2C(C(=O)O)C3)c1F. The van der Waals surface area contributed by atoms with Crippen LogP contribution in [0.2, 0.25) is 0 Å². The Labute approximate surface area is 122 Å². The molecule has 2 aliphatic heterocycles. The molecule has 7 heteroatoms. The summed E-state index contributed by atoms with van der Waals surface area (Å²) < 4.78 is 40.8. The van der Waals surface area contributed by atoms with E-state index in [1.54, 1.807) is 0 Å². The molecule has 0 spiro atoms. The summed E-state index contributed by atoms with van der Waals surface area (Å²) in [6.45, 7) is 1.51. The molecule has 3 atom stereocenters. The number of hydrogen-bond acceptors (Lipinski definition) is 3. The van der Waals surface area contributed by atoms with E-state index in [0.717, 1.165) is 0 Å². The molecule has 3 unspecified atom stereocenters. The van der Waals surface area contributed by atoms with Crippen LogP contribution in [0.25, 0.3) is 0 Å². The second kappa shape index (κ2) is 4.78. The normalized spacial score (nSPS) is 29.0. The smallest absolute Gasteiger partial charge is 0.308 e. The monoisotopic (exact) mass is 313 g/mol. The molecule has 0 amide bonds.